The first-order valence-electron chi connectivity index (χ1n) is 41.5. The molecule has 0 fully saturated rings. The van der Waals surface area contributed by atoms with Gasteiger partial charge in [0.1, 0.15) is 19.3 Å². The zero-order valence-corrected chi connectivity index (χ0v) is 66.6. The second-order valence-corrected chi connectivity index (χ2v) is 32.7. The maximum absolute atomic E-state index is 13.1. The fourth-order valence-electron chi connectivity index (χ4n) is 12.4. The highest BCUT2D eigenvalue weighted by atomic mass is 31.2. The van der Waals surface area contributed by atoms with E-state index in [0.717, 1.165) is 102 Å². The van der Waals surface area contributed by atoms with E-state index in [1.165, 1.54) is 231 Å². The van der Waals surface area contributed by atoms with Crippen LogP contribution < -0.4 is 0 Å². The molecule has 0 heterocycles. The van der Waals surface area contributed by atoms with Gasteiger partial charge in [-0.1, -0.05) is 369 Å². The number of phosphoric acid groups is 2. The summed E-state index contributed by atoms with van der Waals surface area (Å²) in [6.07, 6.45) is 61.2. The molecule has 0 saturated heterocycles. The van der Waals surface area contributed by atoms with E-state index in [1.54, 1.807) is 0 Å². The van der Waals surface area contributed by atoms with E-state index in [1.807, 2.05) is 0 Å². The summed E-state index contributed by atoms with van der Waals surface area (Å²) in [5.74, 6) is -0.636. The van der Waals surface area contributed by atoms with Crippen molar-refractivity contribution in [2.45, 2.75) is 439 Å². The summed E-state index contributed by atoms with van der Waals surface area (Å²) in [7, 11) is -9.92. The Balaban J connectivity index is 5.20. The molecule has 0 aliphatic carbocycles. The minimum Gasteiger partial charge on any atom is -0.462 e. The zero-order valence-electron chi connectivity index (χ0n) is 64.8. The van der Waals surface area contributed by atoms with Gasteiger partial charge in [-0.15, -0.1) is 0 Å². The normalized spacial score (nSPS) is 13.9. The molecule has 17 nitrogen and oxygen atoms in total. The fraction of sp³-hybridized carbons (Fsp3) is 0.950. The number of hydrogen-bond donors (Lipinski definition) is 3. The largest absolute Gasteiger partial charge is 0.472 e. The van der Waals surface area contributed by atoms with Crippen LogP contribution >= 0.6 is 15.6 Å². The van der Waals surface area contributed by atoms with Crippen LogP contribution in [0, 0.1) is 11.8 Å². The van der Waals surface area contributed by atoms with Crippen LogP contribution in [0.3, 0.4) is 0 Å². The maximum atomic E-state index is 13.1. The molecule has 588 valence electrons. The molecule has 3 N–H and O–H groups in total. The lowest BCUT2D eigenvalue weighted by Gasteiger charge is -2.21. The first-order chi connectivity index (χ1) is 47.9. The predicted octanol–water partition coefficient (Wildman–Crippen LogP) is 23.9. The van der Waals surface area contributed by atoms with E-state index in [4.69, 9.17) is 37.0 Å². The van der Waals surface area contributed by atoms with E-state index in [2.05, 4.69) is 41.5 Å². The van der Waals surface area contributed by atoms with E-state index in [0.29, 0.717) is 31.6 Å². The molecule has 0 saturated carbocycles. The number of aliphatic hydroxyl groups excluding tert-OH is 1. The average molecular weight is 1450 g/mol. The van der Waals surface area contributed by atoms with Gasteiger partial charge >= 0.3 is 39.5 Å². The van der Waals surface area contributed by atoms with E-state index in [9.17, 15) is 43.2 Å². The van der Waals surface area contributed by atoms with Crippen LogP contribution in [-0.4, -0.2) is 96.7 Å². The average Bonchev–Trinajstić information content (AvgIpc) is 0.959. The molecule has 0 rings (SSSR count). The van der Waals surface area contributed by atoms with Gasteiger partial charge in [0.05, 0.1) is 26.4 Å². The molecule has 0 aromatic rings. The molecule has 0 aromatic heterocycles. The number of esters is 4. The summed E-state index contributed by atoms with van der Waals surface area (Å²) in [6.45, 7) is 9.57. The summed E-state index contributed by atoms with van der Waals surface area (Å²) in [6, 6.07) is 0. The highest BCUT2D eigenvalue weighted by Gasteiger charge is 2.30. The quantitative estimate of drug-likeness (QED) is 0.0222. The Morgan fingerprint density at radius 3 is 0.687 bits per heavy atom. The van der Waals surface area contributed by atoms with Gasteiger partial charge < -0.3 is 33.8 Å². The molecule has 0 radical (unpaired) electrons. The Morgan fingerprint density at radius 1 is 0.273 bits per heavy atom. The van der Waals surface area contributed by atoms with Crippen LogP contribution in [0.5, 0.6) is 0 Å². The predicted molar refractivity (Wildman–Crippen MR) is 405 cm³/mol. The Kier molecular flexibility index (Phi) is 70.3. The molecule has 0 bridgehead atoms. The Morgan fingerprint density at radius 2 is 0.465 bits per heavy atom. The third-order valence-electron chi connectivity index (χ3n) is 18.7. The number of rotatable bonds is 79. The number of carbonyl (C=O) groups excluding carboxylic acids is 4. The van der Waals surface area contributed by atoms with Crippen molar-refractivity contribution in [3.8, 4) is 0 Å². The standard InChI is InChI=1S/C80H156O17P2/c1-7-9-11-13-15-17-19-21-22-23-24-25-26-27-28-29-31-35-40-46-53-59-65-80(85)96-75(68-90-77(82)62-56-50-44-38-36-32-33-37-42-48-54-60-72(3)4)70-94-98(86,87)92-66-74(81)67-93-99(88,89)95-71-76(69-91-78(83)63-57-51-47-41-43-49-55-61-73(5)6)97-79(84)64-58-52-45-39-34-30-20-18-16-14-12-10-8-2/h72-76,81H,7-71H2,1-6H3,(H,86,87)(H,88,89)/t74-,75-,76-/m1/s1. The number of hydrogen-bond acceptors (Lipinski definition) is 15. The Labute approximate surface area is 607 Å². The van der Waals surface area contributed by atoms with Crippen molar-refractivity contribution in [2.24, 2.45) is 11.8 Å². The molecule has 99 heavy (non-hydrogen) atoms. The monoisotopic (exact) mass is 1450 g/mol. The van der Waals surface area contributed by atoms with Crippen LogP contribution in [0.2, 0.25) is 0 Å². The summed E-state index contributed by atoms with van der Waals surface area (Å²) >= 11 is 0. The second-order valence-electron chi connectivity index (χ2n) is 29.8. The molecule has 0 spiro atoms. The van der Waals surface area contributed by atoms with Gasteiger partial charge in [-0.05, 0) is 37.5 Å². The van der Waals surface area contributed by atoms with Crippen molar-refractivity contribution in [3.05, 3.63) is 0 Å². The van der Waals surface area contributed by atoms with Gasteiger partial charge in [0, 0.05) is 25.7 Å². The second kappa shape index (κ2) is 71.7. The molecule has 0 aromatic carbocycles. The van der Waals surface area contributed by atoms with Gasteiger partial charge in [-0.25, -0.2) is 9.13 Å². The lowest BCUT2D eigenvalue weighted by atomic mass is 10.0. The Bertz CT molecular complexity index is 1910. The molecule has 0 amide bonds. The highest BCUT2D eigenvalue weighted by molar-refractivity contribution is 7.47. The molecule has 2 unspecified atom stereocenters. The summed E-state index contributed by atoms with van der Waals surface area (Å²) in [5, 5.41) is 10.6. The lowest BCUT2D eigenvalue weighted by Crippen LogP contribution is -2.30. The lowest BCUT2D eigenvalue weighted by molar-refractivity contribution is -0.161. The summed E-state index contributed by atoms with van der Waals surface area (Å²) in [4.78, 5) is 72.9. The van der Waals surface area contributed by atoms with Gasteiger partial charge in [-0.2, -0.15) is 0 Å². The Hall–Kier alpha value is -1.94. The van der Waals surface area contributed by atoms with Crippen molar-refractivity contribution in [1.82, 2.24) is 0 Å². The van der Waals surface area contributed by atoms with Crippen molar-refractivity contribution in [3.63, 3.8) is 0 Å². The minimum atomic E-state index is -4.96. The molecular weight excluding hydrogens is 1290 g/mol. The van der Waals surface area contributed by atoms with Crippen LogP contribution in [-0.2, 0) is 65.4 Å². The molecule has 5 atom stereocenters. The number of unbranched alkanes of at least 4 members (excludes halogenated alkanes) is 49. The summed E-state index contributed by atoms with van der Waals surface area (Å²) in [5.41, 5.74) is 0. The summed E-state index contributed by atoms with van der Waals surface area (Å²) < 4.78 is 68.6. The van der Waals surface area contributed by atoms with Crippen molar-refractivity contribution in [2.75, 3.05) is 39.6 Å². The van der Waals surface area contributed by atoms with Crippen molar-refractivity contribution < 1.29 is 80.2 Å². The van der Waals surface area contributed by atoms with Crippen LogP contribution in [0.15, 0.2) is 0 Å². The number of ether oxygens (including phenoxy) is 4. The van der Waals surface area contributed by atoms with Crippen molar-refractivity contribution in [1.29, 1.82) is 0 Å². The highest BCUT2D eigenvalue weighted by Crippen LogP contribution is 2.45. The third kappa shape index (κ3) is 74.1. The van der Waals surface area contributed by atoms with Gasteiger partial charge in [0.25, 0.3) is 0 Å². The van der Waals surface area contributed by atoms with Crippen LogP contribution in [0.25, 0.3) is 0 Å². The number of carbonyl (C=O) groups is 4. The zero-order chi connectivity index (χ0) is 72.8. The minimum absolute atomic E-state index is 0.107. The topological polar surface area (TPSA) is 237 Å². The van der Waals surface area contributed by atoms with E-state index >= 15 is 0 Å². The third-order valence-corrected chi connectivity index (χ3v) is 20.6. The van der Waals surface area contributed by atoms with Gasteiger partial charge in [-0.3, -0.25) is 37.3 Å². The van der Waals surface area contributed by atoms with E-state index < -0.39 is 97.5 Å². The molecule has 0 aliphatic heterocycles. The SMILES string of the molecule is CCCCCCCCCCCCCCCCCCCCCCCCC(=O)O[C@H](COC(=O)CCCCCCCCCCCCCC(C)C)COP(=O)(O)OC[C@@H](O)COP(=O)(O)OC[C@@H](COC(=O)CCCCCCCCCC(C)C)OC(=O)CCCCCCCCCCCCCCC. The fourth-order valence-corrected chi connectivity index (χ4v) is 13.9. The van der Waals surface area contributed by atoms with E-state index in [-0.39, 0.29) is 25.7 Å². The number of aliphatic hydroxyl groups is 1. The molecule has 0 aliphatic rings. The molecule has 19 heteroatoms. The van der Waals surface area contributed by atoms with Gasteiger partial charge in [0.2, 0.25) is 0 Å². The first-order valence-corrected chi connectivity index (χ1v) is 44.5. The van der Waals surface area contributed by atoms with Crippen LogP contribution in [0.4, 0.5) is 0 Å². The first kappa shape index (κ1) is 97.1. The van der Waals surface area contributed by atoms with Crippen molar-refractivity contribution >= 4 is 39.5 Å². The molecular formula is C80H156O17P2. The smallest absolute Gasteiger partial charge is 0.462 e. The van der Waals surface area contributed by atoms with Crippen LogP contribution in [0.1, 0.15) is 420 Å². The maximum Gasteiger partial charge on any atom is 0.472 e. The number of phosphoric ester groups is 2. The van der Waals surface area contributed by atoms with Gasteiger partial charge in [0.15, 0.2) is 12.2 Å².